The Bertz CT molecular complexity index is 895. The van der Waals surface area contributed by atoms with Crippen LogP contribution in [0.15, 0.2) is 28.9 Å². The minimum atomic E-state index is -0.438. The highest BCUT2D eigenvalue weighted by Crippen LogP contribution is 2.28. The summed E-state index contributed by atoms with van der Waals surface area (Å²) in [5.41, 5.74) is 0.704. The van der Waals surface area contributed by atoms with Gasteiger partial charge < -0.3 is 9.32 Å². The third-order valence-corrected chi connectivity index (χ3v) is 4.55. The van der Waals surface area contributed by atoms with Gasteiger partial charge in [-0.05, 0) is 41.5 Å². The van der Waals surface area contributed by atoms with Gasteiger partial charge in [0, 0.05) is 31.4 Å². The molecule has 4 rings (SSSR count). The maximum atomic E-state index is 13.8. The van der Waals surface area contributed by atoms with Gasteiger partial charge in [-0.2, -0.15) is 0 Å². The molecule has 1 aromatic carbocycles. The highest BCUT2D eigenvalue weighted by molar-refractivity contribution is 6.04. The van der Waals surface area contributed by atoms with Crippen LogP contribution in [0.25, 0.3) is 11.0 Å². The number of hydrogen-bond donors (Lipinski definition) is 0. The fraction of sp³-hybridized carbons (Fsp3) is 0.375. The summed E-state index contributed by atoms with van der Waals surface area (Å²) >= 11 is 0. The first-order valence-corrected chi connectivity index (χ1v) is 7.82. The minimum absolute atomic E-state index is 0.205. The summed E-state index contributed by atoms with van der Waals surface area (Å²) in [6, 6.07) is 4.26. The molecule has 1 saturated heterocycles. The maximum absolute atomic E-state index is 13.8. The molecule has 0 bridgehead atoms. The van der Waals surface area contributed by atoms with E-state index in [1.54, 1.807) is 15.6 Å². The van der Waals surface area contributed by atoms with Crippen LogP contribution in [0, 0.1) is 5.82 Å². The number of rotatable bonds is 2. The van der Waals surface area contributed by atoms with Crippen molar-refractivity contribution >= 4 is 16.9 Å². The SMILES string of the molecule is Cn1nnnc1C1CCN(C(=O)c2cc(F)cc3ccoc23)CC1. The first-order chi connectivity index (χ1) is 11.6. The van der Waals surface area contributed by atoms with Gasteiger partial charge in [0.15, 0.2) is 5.82 Å². The van der Waals surface area contributed by atoms with E-state index in [-0.39, 0.29) is 17.4 Å². The predicted octanol–water partition coefficient (Wildman–Crippen LogP) is 2.12. The molecule has 1 aliphatic rings. The summed E-state index contributed by atoms with van der Waals surface area (Å²) < 4.78 is 20.8. The number of carbonyl (C=O) groups excluding carboxylic acids is 1. The number of likely N-dealkylation sites (tertiary alicyclic amines) is 1. The van der Waals surface area contributed by atoms with Crippen LogP contribution < -0.4 is 0 Å². The van der Waals surface area contributed by atoms with Crippen molar-refractivity contribution in [3.8, 4) is 0 Å². The van der Waals surface area contributed by atoms with Crippen LogP contribution in [0.1, 0.15) is 34.9 Å². The molecule has 1 aliphatic heterocycles. The highest BCUT2D eigenvalue weighted by Gasteiger charge is 2.28. The van der Waals surface area contributed by atoms with Gasteiger partial charge in [0.25, 0.3) is 5.91 Å². The summed E-state index contributed by atoms with van der Waals surface area (Å²) in [5, 5.41) is 12.2. The van der Waals surface area contributed by atoms with E-state index in [1.807, 2.05) is 7.05 Å². The lowest BCUT2D eigenvalue weighted by Gasteiger charge is -2.31. The second-order valence-electron chi connectivity index (χ2n) is 6.02. The van der Waals surface area contributed by atoms with Crippen molar-refractivity contribution in [3.63, 3.8) is 0 Å². The molecule has 0 spiro atoms. The van der Waals surface area contributed by atoms with Crippen molar-refractivity contribution in [1.82, 2.24) is 25.1 Å². The molecule has 3 aromatic rings. The molecule has 1 amide bonds. The largest absolute Gasteiger partial charge is 0.464 e. The van der Waals surface area contributed by atoms with E-state index in [1.165, 1.54) is 18.4 Å². The maximum Gasteiger partial charge on any atom is 0.257 e. The third-order valence-electron chi connectivity index (χ3n) is 4.55. The first kappa shape index (κ1) is 14.8. The molecule has 0 saturated carbocycles. The van der Waals surface area contributed by atoms with Crippen molar-refractivity contribution in [2.75, 3.05) is 13.1 Å². The van der Waals surface area contributed by atoms with Gasteiger partial charge in [-0.25, -0.2) is 9.07 Å². The molecule has 0 aliphatic carbocycles. The number of fused-ring (bicyclic) bond motifs is 1. The topological polar surface area (TPSA) is 77.1 Å². The number of piperidine rings is 1. The molecule has 0 N–H and O–H groups in total. The number of aryl methyl sites for hydroxylation is 1. The molecule has 0 radical (unpaired) electrons. The minimum Gasteiger partial charge on any atom is -0.464 e. The number of furan rings is 1. The Hall–Kier alpha value is -2.77. The number of aromatic nitrogens is 4. The van der Waals surface area contributed by atoms with Gasteiger partial charge in [-0.3, -0.25) is 4.79 Å². The van der Waals surface area contributed by atoms with Gasteiger partial charge >= 0.3 is 0 Å². The molecule has 2 aromatic heterocycles. The number of benzene rings is 1. The highest BCUT2D eigenvalue weighted by atomic mass is 19.1. The van der Waals surface area contributed by atoms with Crippen molar-refractivity contribution in [2.24, 2.45) is 7.05 Å². The molecule has 8 heteroatoms. The number of carbonyl (C=O) groups is 1. The van der Waals surface area contributed by atoms with Gasteiger partial charge in [0.05, 0.1) is 11.8 Å². The number of hydrogen-bond acceptors (Lipinski definition) is 5. The van der Waals surface area contributed by atoms with E-state index in [2.05, 4.69) is 15.5 Å². The standard InChI is InChI=1S/C16H16FN5O2/c1-21-15(18-19-20-21)10-2-5-22(6-3-10)16(23)13-9-12(17)8-11-4-7-24-14(11)13/h4,7-10H,2-3,5-6H2,1H3. The Kier molecular flexibility index (Phi) is 3.51. The molecule has 0 atom stereocenters. The molecule has 124 valence electrons. The van der Waals surface area contributed by atoms with Gasteiger partial charge in [0.1, 0.15) is 11.4 Å². The van der Waals surface area contributed by atoms with E-state index in [9.17, 15) is 9.18 Å². The van der Waals surface area contributed by atoms with Gasteiger partial charge in [-0.15, -0.1) is 5.10 Å². The van der Waals surface area contributed by atoms with Crippen LogP contribution in [0.3, 0.4) is 0 Å². The van der Waals surface area contributed by atoms with Crippen molar-refractivity contribution < 1.29 is 13.6 Å². The van der Waals surface area contributed by atoms with Crippen LogP contribution in [-0.4, -0.2) is 44.1 Å². The monoisotopic (exact) mass is 329 g/mol. The molecule has 24 heavy (non-hydrogen) atoms. The lowest BCUT2D eigenvalue weighted by Crippen LogP contribution is -2.38. The molecule has 0 unspecified atom stereocenters. The Morgan fingerprint density at radius 2 is 2.12 bits per heavy atom. The van der Waals surface area contributed by atoms with E-state index in [4.69, 9.17) is 4.42 Å². The molecular formula is C16H16FN5O2. The Morgan fingerprint density at radius 1 is 1.33 bits per heavy atom. The molecule has 1 fully saturated rings. The van der Waals surface area contributed by atoms with E-state index >= 15 is 0 Å². The number of nitrogens with zero attached hydrogens (tertiary/aromatic N) is 5. The van der Waals surface area contributed by atoms with Crippen LogP contribution in [0.2, 0.25) is 0 Å². The van der Waals surface area contributed by atoms with Crippen LogP contribution in [-0.2, 0) is 7.05 Å². The van der Waals surface area contributed by atoms with Crippen LogP contribution in [0.4, 0.5) is 4.39 Å². The quantitative estimate of drug-likeness (QED) is 0.720. The van der Waals surface area contributed by atoms with E-state index < -0.39 is 5.82 Å². The Labute approximate surface area is 137 Å². The van der Waals surface area contributed by atoms with Gasteiger partial charge in [-0.1, -0.05) is 0 Å². The fourth-order valence-electron chi connectivity index (χ4n) is 3.30. The number of tetrazole rings is 1. The van der Waals surface area contributed by atoms with Crippen molar-refractivity contribution in [3.05, 3.63) is 41.7 Å². The summed E-state index contributed by atoms with van der Waals surface area (Å²) in [6.07, 6.45) is 3.02. The zero-order valence-electron chi connectivity index (χ0n) is 13.1. The van der Waals surface area contributed by atoms with Crippen molar-refractivity contribution in [1.29, 1.82) is 0 Å². The summed E-state index contributed by atoms with van der Waals surface area (Å²) in [6.45, 7) is 1.16. The first-order valence-electron chi connectivity index (χ1n) is 7.82. The average Bonchev–Trinajstić information content (AvgIpc) is 3.22. The second-order valence-corrected chi connectivity index (χ2v) is 6.02. The van der Waals surface area contributed by atoms with E-state index in [0.717, 1.165) is 18.7 Å². The molecule has 7 nitrogen and oxygen atoms in total. The zero-order chi connectivity index (χ0) is 16.7. The zero-order valence-corrected chi connectivity index (χ0v) is 13.1. The summed E-state index contributed by atoms with van der Waals surface area (Å²) in [4.78, 5) is 14.5. The van der Waals surface area contributed by atoms with Crippen LogP contribution >= 0.6 is 0 Å². The number of amides is 1. The molecular weight excluding hydrogens is 313 g/mol. The fourth-order valence-corrected chi connectivity index (χ4v) is 3.30. The lowest BCUT2D eigenvalue weighted by atomic mass is 9.95. The van der Waals surface area contributed by atoms with E-state index in [0.29, 0.717) is 24.1 Å². The lowest BCUT2D eigenvalue weighted by molar-refractivity contribution is 0.0710. The number of halogens is 1. The summed E-state index contributed by atoms with van der Waals surface area (Å²) in [7, 11) is 1.81. The normalized spacial score (nSPS) is 16.0. The van der Waals surface area contributed by atoms with Crippen molar-refractivity contribution in [2.45, 2.75) is 18.8 Å². The average molecular weight is 329 g/mol. The smallest absolute Gasteiger partial charge is 0.257 e. The second kappa shape index (κ2) is 5.70. The predicted molar refractivity (Wildman–Crippen MR) is 82.8 cm³/mol. The van der Waals surface area contributed by atoms with Gasteiger partial charge in [0.2, 0.25) is 0 Å². The Balaban J connectivity index is 1.54. The van der Waals surface area contributed by atoms with Crippen LogP contribution in [0.5, 0.6) is 0 Å². The third kappa shape index (κ3) is 2.44. The summed E-state index contributed by atoms with van der Waals surface area (Å²) in [5.74, 6) is 0.419. The Morgan fingerprint density at radius 3 is 2.83 bits per heavy atom. The molecule has 3 heterocycles.